The Morgan fingerprint density at radius 3 is 2.79 bits per heavy atom. The SMILES string of the molecule is CCOCc1ccccc1CNCC1CNNC1c1ccc(C)o1. The summed E-state index contributed by atoms with van der Waals surface area (Å²) in [5.41, 5.74) is 9.13. The number of furan rings is 1. The van der Waals surface area contributed by atoms with Crippen molar-refractivity contribution in [2.45, 2.75) is 33.0 Å². The van der Waals surface area contributed by atoms with Crippen LogP contribution in [-0.4, -0.2) is 19.7 Å². The van der Waals surface area contributed by atoms with E-state index in [2.05, 4.69) is 46.5 Å². The highest BCUT2D eigenvalue weighted by molar-refractivity contribution is 5.26. The molecule has 2 aromatic rings. The van der Waals surface area contributed by atoms with Gasteiger partial charge in [0.15, 0.2) is 0 Å². The second kappa shape index (κ2) is 8.44. The van der Waals surface area contributed by atoms with E-state index < -0.39 is 0 Å². The van der Waals surface area contributed by atoms with E-state index in [0.717, 1.165) is 37.8 Å². The molecule has 1 fully saturated rings. The van der Waals surface area contributed by atoms with E-state index in [1.165, 1.54) is 11.1 Å². The topological polar surface area (TPSA) is 58.5 Å². The van der Waals surface area contributed by atoms with Crippen LogP contribution in [0.3, 0.4) is 0 Å². The molecule has 2 atom stereocenters. The van der Waals surface area contributed by atoms with Crippen molar-refractivity contribution in [3.8, 4) is 0 Å². The van der Waals surface area contributed by atoms with Crippen LogP contribution < -0.4 is 16.2 Å². The molecule has 5 heteroatoms. The van der Waals surface area contributed by atoms with Crippen LogP contribution in [0.1, 0.15) is 35.6 Å². The molecule has 0 bridgehead atoms. The molecule has 3 rings (SSSR count). The molecule has 1 saturated heterocycles. The lowest BCUT2D eigenvalue weighted by molar-refractivity contribution is 0.133. The summed E-state index contributed by atoms with van der Waals surface area (Å²) in [5.74, 6) is 2.41. The Kier molecular flexibility index (Phi) is 6.04. The zero-order chi connectivity index (χ0) is 16.8. The summed E-state index contributed by atoms with van der Waals surface area (Å²) < 4.78 is 11.3. The average molecular weight is 329 g/mol. The van der Waals surface area contributed by atoms with Gasteiger partial charge in [-0.3, -0.25) is 5.43 Å². The quantitative estimate of drug-likeness (QED) is 0.695. The number of hydrogen-bond acceptors (Lipinski definition) is 5. The van der Waals surface area contributed by atoms with Crippen molar-refractivity contribution in [3.63, 3.8) is 0 Å². The van der Waals surface area contributed by atoms with E-state index in [4.69, 9.17) is 9.15 Å². The van der Waals surface area contributed by atoms with E-state index in [1.807, 2.05) is 19.9 Å². The maximum Gasteiger partial charge on any atom is 0.122 e. The van der Waals surface area contributed by atoms with Crippen molar-refractivity contribution >= 4 is 0 Å². The number of hydrogen-bond donors (Lipinski definition) is 3. The molecule has 0 saturated carbocycles. The third-order valence-corrected chi connectivity index (χ3v) is 4.46. The number of nitrogens with one attached hydrogen (secondary N) is 3. The smallest absolute Gasteiger partial charge is 0.122 e. The van der Waals surface area contributed by atoms with Gasteiger partial charge in [-0.05, 0) is 37.1 Å². The van der Waals surface area contributed by atoms with Gasteiger partial charge in [-0.2, -0.15) is 0 Å². The summed E-state index contributed by atoms with van der Waals surface area (Å²) >= 11 is 0. The van der Waals surface area contributed by atoms with Gasteiger partial charge in [-0.1, -0.05) is 24.3 Å². The van der Waals surface area contributed by atoms with E-state index in [0.29, 0.717) is 12.5 Å². The summed E-state index contributed by atoms with van der Waals surface area (Å²) in [6.45, 7) is 8.13. The molecule has 3 N–H and O–H groups in total. The van der Waals surface area contributed by atoms with Gasteiger partial charge in [0.05, 0.1) is 12.6 Å². The lowest BCUT2D eigenvalue weighted by Crippen LogP contribution is -2.28. The minimum absolute atomic E-state index is 0.213. The number of aryl methyl sites for hydroxylation is 1. The van der Waals surface area contributed by atoms with Gasteiger partial charge < -0.3 is 14.5 Å². The number of benzene rings is 1. The molecule has 2 unspecified atom stereocenters. The predicted octanol–water partition coefficient (Wildman–Crippen LogP) is 2.68. The highest BCUT2D eigenvalue weighted by Crippen LogP contribution is 2.26. The lowest BCUT2D eigenvalue weighted by atomic mass is 9.99. The van der Waals surface area contributed by atoms with Crippen LogP contribution >= 0.6 is 0 Å². The highest BCUT2D eigenvalue weighted by Gasteiger charge is 2.30. The molecule has 0 radical (unpaired) electrons. The Morgan fingerprint density at radius 1 is 1.21 bits per heavy atom. The Morgan fingerprint density at radius 2 is 2.04 bits per heavy atom. The Bertz CT molecular complexity index is 641. The fourth-order valence-corrected chi connectivity index (χ4v) is 3.12. The highest BCUT2D eigenvalue weighted by atomic mass is 16.5. The minimum atomic E-state index is 0.213. The first-order valence-corrected chi connectivity index (χ1v) is 8.68. The number of hydrazine groups is 1. The third-order valence-electron chi connectivity index (χ3n) is 4.46. The summed E-state index contributed by atoms with van der Waals surface area (Å²) in [5, 5.41) is 3.59. The summed E-state index contributed by atoms with van der Waals surface area (Å²) in [4.78, 5) is 0. The van der Waals surface area contributed by atoms with Gasteiger partial charge in [0.25, 0.3) is 0 Å². The monoisotopic (exact) mass is 329 g/mol. The van der Waals surface area contributed by atoms with Crippen LogP contribution in [-0.2, 0) is 17.9 Å². The van der Waals surface area contributed by atoms with Crippen LogP contribution in [0.5, 0.6) is 0 Å². The van der Waals surface area contributed by atoms with Gasteiger partial charge in [0.2, 0.25) is 0 Å². The van der Waals surface area contributed by atoms with Crippen molar-refractivity contribution in [2.24, 2.45) is 5.92 Å². The standard InChI is InChI=1S/C19H27N3O2/c1-3-23-13-16-7-5-4-6-15(16)10-20-11-17-12-21-22-19(17)18-9-8-14(2)24-18/h4-9,17,19-22H,3,10-13H2,1-2H3. The summed E-state index contributed by atoms with van der Waals surface area (Å²) in [7, 11) is 0. The van der Waals surface area contributed by atoms with Crippen LogP contribution in [0.4, 0.5) is 0 Å². The Hall–Kier alpha value is -1.66. The molecular weight excluding hydrogens is 302 g/mol. The molecular formula is C19H27N3O2. The van der Waals surface area contributed by atoms with Crippen LogP contribution in [0.2, 0.25) is 0 Å². The second-order valence-electron chi connectivity index (χ2n) is 6.25. The Labute approximate surface area is 143 Å². The molecule has 1 aromatic carbocycles. The molecule has 1 aromatic heterocycles. The van der Waals surface area contributed by atoms with E-state index in [-0.39, 0.29) is 6.04 Å². The van der Waals surface area contributed by atoms with Crippen molar-refractivity contribution in [3.05, 3.63) is 59.0 Å². The molecule has 24 heavy (non-hydrogen) atoms. The van der Waals surface area contributed by atoms with Gasteiger partial charge in [0.1, 0.15) is 11.5 Å². The molecule has 130 valence electrons. The van der Waals surface area contributed by atoms with Crippen molar-refractivity contribution in [2.75, 3.05) is 19.7 Å². The Balaban J connectivity index is 1.54. The summed E-state index contributed by atoms with van der Waals surface area (Å²) in [6.07, 6.45) is 0. The normalized spacial score (nSPS) is 20.6. The summed E-state index contributed by atoms with van der Waals surface area (Å²) in [6, 6.07) is 12.7. The fraction of sp³-hybridized carbons (Fsp3) is 0.474. The minimum Gasteiger partial charge on any atom is -0.465 e. The van der Waals surface area contributed by atoms with E-state index in [1.54, 1.807) is 0 Å². The molecule has 0 spiro atoms. The van der Waals surface area contributed by atoms with Gasteiger partial charge in [-0.25, -0.2) is 5.43 Å². The van der Waals surface area contributed by atoms with E-state index in [9.17, 15) is 0 Å². The van der Waals surface area contributed by atoms with Crippen LogP contribution in [0.25, 0.3) is 0 Å². The first-order valence-electron chi connectivity index (χ1n) is 8.68. The lowest BCUT2D eigenvalue weighted by Gasteiger charge is -2.18. The average Bonchev–Trinajstić information content (AvgIpc) is 3.22. The predicted molar refractivity (Wildman–Crippen MR) is 94.3 cm³/mol. The zero-order valence-corrected chi connectivity index (χ0v) is 14.5. The first kappa shape index (κ1) is 17.2. The molecule has 0 aliphatic carbocycles. The fourth-order valence-electron chi connectivity index (χ4n) is 3.12. The van der Waals surface area contributed by atoms with Crippen molar-refractivity contribution in [1.29, 1.82) is 0 Å². The van der Waals surface area contributed by atoms with Gasteiger partial charge in [-0.15, -0.1) is 0 Å². The maximum atomic E-state index is 5.78. The maximum absolute atomic E-state index is 5.78. The molecule has 0 amide bonds. The molecule has 1 aliphatic heterocycles. The third kappa shape index (κ3) is 4.24. The zero-order valence-electron chi connectivity index (χ0n) is 14.5. The largest absolute Gasteiger partial charge is 0.465 e. The van der Waals surface area contributed by atoms with Crippen molar-refractivity contribution < 1.29 is 9.15 Å². The number of rotatable bonds is 8. The van der Waals surface area contributed by atoms with Crippen molar-refractivity contribution in [1.82, 2.24) is 16.2 Å². The van der Waals surface area contributed by atoms with Crippen LogP contribution in [0, 0.1) is 12.8 Å². The molecule has 2 heterocycles. The molecule has 1 aliphatic rings. The van der Waals surface area contributed by atoms with Gasteiger partial charge >= 0.3 is 0 Å². The molecule has 5 nitrogen and oxygen atoms in total. The van der Waals surface area contributed by atoms with E-state index >= 15 is 0 Å². The van der Waals surface area contributed by atoms with Crippen LogP contribution in [0.15, 0.2) is 40.8 Å². The van der Waals surface area contributed by atoms with Gasteiger partial charge in [0, 0.05) is 32.2 Å². The number of ether oxygens (including phenoxy) is 1. The second-order valence-corrected chi connectivity index (χ2v) is 6.25. The first-order chi connectivity index (χ1) is 11.8.